The van der Waals surface area contributed by atoms with Crippen LogP contribution in [0.4, 0.5) is 0 Å². The Morgan fingerprint density at radius 3 is 2.83 bits per heavy atom. The fraction of sp³-hybridized carbons (Fsp3) is 0.474. The third-order valence-electron chi connectivity index (χ3n) is 3.82. The van der Waals surface area contributed by atoms with Crippen molar-refractivity contribution >= 4 is 11.8 Å². The zero-order chi connectivity index (χ0) is 17.7. The number of amides is 2. The summed E-state index contributed by atoms with van der Waals surface area (Å²) < 4.78 is 0. The van der Waals surface area contributed by atoms with Crippen molar-refractivity contribution in [3.63, 3.8) is 0 Å². The molecule has 0 saturated carbocycles. The van der Waals surface area contributed by atoms with Gasteiger partial charge < -0.3 is 15.3 Å². The molecule has 0 bridgehead atoms. The fourth-order valence-corrected chi connectivity index (χ4v) is 2.61. The largest absolute Gasteiger partial charge is 0.378 e. The first-order chi connectivity index (χ1) is 11.3. The van der Waals surface area contributed by atoms with E-state index in [1.807, 2.05) is 6.92 Å². The number of hydrogen-bond acceptors (Lipinski definition) is 3. The molecule has 0 radical (unpaired) electrons. The third-order valence-corrected chi connectivity index (χ3v) is 3.82. The lowest BCUT2D eigenvalue weighted by atomic mass is 10.1. The predicted octanol–water partition coefficient (Wildman–Crippen LogP) is 1.41. The number of aliphatic hydroxyl groups is 1. The molecule has 1 aromatic carbocycles. The average Bonchev–Trinajstić information content (AvgIpc) is 3.02. The first-order valence-electron chi connectivity index (χ1n) is 8.23. The molecule has 1 heterocycles. The first-order valence-corrected chi connectivity index (χ1v) is 8.23. The van der Waals surface area contributed by atoms with Crippen LogP contribution in [0, 0.1) is 17.8 Å². The second-order valence-electron chi connectivity index (χ2n) is 6.52. The molecule has 128 valence electrons. The van der Waals surface area contributed by atoms with E-state index >= 15 is 0 Å². The molecule has 0 spiro atoms. The van der Waals surface area contributed by atoms with Gasteiger partial charge in [-0.1, -0.05) is 17.9 Å². The summed E-state index contributed by atoms with van der Waals surface area (Å²) in [6, 6.07) is 7.05. The van der Waals surface area contributed by atoms with Crippen molar-refractivity contribution in [2.24, 2.45) is 5.92 Å². The molecule has 1 aliphatic heterocycles. The lowest BCUT2D eigenvalue weighted by Gasteiger charge is -2.16. The summed E-state index contributed by atoms with van der Waals surface area (Å²) in [6.45, 7) is 6.74. The van der Waals surface area contributed by atoms with Gasteiger partial charge in [0.15, 0.2) is 0 Å². The average molecular weight is 328 g/mol. The van der Waals surface area contributed by atoms with E-state index in [2.05, 4.69) is 17.2 Å². The van der Waals surface area contributed by atoms with Crippen LogP contribution in [0.25, 0.3) is 0 Å². The van der Waals surface area contributed by atoms with Crippen molar-refractivity contribution in [2.45, 2.75) is 32.8 Å². The van der Waals surface area contributed by atoms with E-state index in [1.165, 1.54) is 0 Å². The molecule has 2 amide bonds. The molecule has 1 atom stereocenters. The summed E-state index contributed by atoms with van der Waals surface area (Å²) in [6.07, 6.45) is 0.690. The Morgan fingerprint density at radius 2 is 2.17 bits per heavy atom. The molecule has 2 rings (SSSR count). The molecule has 0 aromatic heterocycles. The smallest absolute Gasteiger partial charge is 0.253 e. The van der Waals surface area contributed by atoms with Crippen LogP contribution in [0.1, 0.15) is 43.1 Å². The van der Waals surface area contributed by atoms with Gasteiger partial charge in [0.05, 0.1) is 5.92 Å². The molecule has 1 unspecified atom stereocenters. The van der Waals surface area contributed by atoms with Gasteiger partial charge in [-0.25, -0.2) is 0 Å². The van der Waals surface area contributed by atoms with Crippen LogP contribution < -0.4 is 5.32 Å². The lowest BCUT2D eigenvalue weighted by molar-refractivity contribution is -0.124. The van der Waals surface area contributed by atoms with Crippen LogP contribution in [0.3, 0.4) is 0 Å². The fourth-order valence-electron chi connectivity index (χ4n) is 2.61. The van der Waals surface area contributed by atoms with Crippen LogP contribution in [-0.4, -0.2) is 47.1 Å². The molecule has 1 aromatic rings. The van der Waals surface area contributed by atoms with Gasteiger partial charge in [-0.05, 0) is 45.4 Å². The monoisotopic (exact) mass is 328 g/mol. The molecule has 2 N–H and O–H groups in total. The maximum Gasteiger partial charge on any atom is 0.253 e. The normalized spacial score (nSPS) is 17.2. The number of hydrogen-bond donors (Lipinski definition) is 2. The van der Waals surface area contributed by atoms with Crippen molar-refractivity contribution in [3.8, 4) is 11.8 Å². The number of nitrogens with zero attached hydrogens (tertiary/aromatic N) is 1. The van der Waals surface area contributed by atoms with Crippen molar-refractivity contribution in [3.05, 3.63) is 35.4 Å². The summed E-state index contributed by atoms with van der Waals surface area (Å²) in [5, 5.41) is 12.5. The molecule has 24 heavy (non-hydrogen) atoms. The van der Waals surface area contributed by atoms with E-state index in [9.17, 15) is 14.7 Å². The number of likely N-dealkylation sites (tertiary alicyclic amines) is 1. The number of rotatable bonds is 3. The molecular weight excluding hydrogens is 304 g/mol. The van der Waals surface area contributed by atoms with Crippen LogP contribution in [0.5, 0.6) is 0 Å². The van der Waals surface area contributed by atoms with Gasteiger partial charge in [0.2, 0.25) is 5.91 Å². The standard InChI is InChI=1S/C19H24N2O3/c1-4-20-17(22)16-9-11-21(13-16)18(23)15-7-5-6-14(12-15)8-10-19(2,3)24/h5-7,12,16,24H,4,9,11,13H2,1-3H3,(H,20,22). The Labute approximate surface area is 143 Å². The predicted molar refractivity (Wildman–Crippen MR) is 92.3 cm³/mol. The molecule has 1 fully saturated rings. The summed E-state index contributed by atoms with van der Waals surface area (Å²) >= 11 is 0. The van der Waals surface area contributed by atoms with Crippen LogP contribution in [-0.2, 0) is 4.79 Å². The molecule has 0 aliphatic carbocycles. The minimum Gasteiger partial charge on any atom is -0.378 e. The van der Waals surface area contributed by atoms with Gasteiger partial charge in [0.25, 0.3) is 5.91 Å². The van der Waals surface area contributed by atoms with E-state index < -0.39 is 5.60 Å². The second kappa shape index (κ2) is 7.50. The Bertz CT molecular complexity index is 680. The van der Waals surface area contributed by atoms with Crippen molar-refractivity contribution in [1.82, 2.24) is 10.2 Å². The Hall–Kier alpha value is -2.32. The highest BCUT2D eigenvalue weighted by molar-refractivity contribution is 5.95. The Kier molecular flexibility index (Phi) is 5.63. The van der Waals surface area contributed by atoms with Gasteiger partial charge >= 0.3 is 0 Å². The number of nitrogens with one attached hydrogen (secondary N) is 1. The van der Waals surface area contributed by atoms with Crippen LogP contribution in [0.2, 0.25) is 0 Å². The minimum atomic E-state index is -1.07. The van der Waals surface area contributed by atoms with E-state index in [0.29, 0.717) is 37.2 Å². The number of benzene rings is 1. The van der Waals surface area contributed by atoms with Crippen LogP contribution in [0.15, 0.2) is 24.3 Å². The first kappa shape index (κ1) is 18.0. The van der Waals surface area contributed by atoms with Gasteiger partial charge in [-0.3, -0.25) is 9.59 Å². The molecule has 1 saturated heterocycles. The quantitative estimate of drug-likeness (QED) is 0.824. The zero-order valence-corrected chi connectivity index (χ0v) is 14.4. The topological polar surface area (TPSA) is 69.6 Å². The maximum absolute atomic E-state index is 12.6. The molecule has 5 heteroatoms. The summed E-state index contributed by atoms with van der Waals surface area (Å²) in [7, 11) is 0. The van der Waals surface area contributed by atoms with Gasteiger partial charge in [-0.15, -0.1) is 0 Å². The number of carbonyl (C=O) groups excluding carboxylic acids is 2. The number of carbonyl (C=O) groups is 2. The van der Waals surface area contributed by atoms with Gasteiger partial charge in [0.1, 0.15) is 5.60 Å². The molecule has 1 aliphatic rings. The van der Waals surface area contributed by atoms with E-state index in [-0.39, 0.29) is 17.7 Å². The van der Waals surface area contributed by atoms with Gasteiger partial charge in [0, 0.05) is 30.8 Å². The van der Waals surface area contributed by atoms with E-state index in [1.54, 1.807) is 43.0 Å². The highest BCUT2D eigenvalue weighted by Gasteiger charge is 2.31. The third kappa shape index (κ3) is 4.84. The Morgan fingerprint density at radius 1 is 1.42 bits per heavy atom. The summed E-state index contributed by atoms with van der Waals surface area (Å²) in [4.78, 5) is 26.2. The van der Waals surface area contributed by atoms with E-state index in [4.69, 9.17) is 0 Å². The highest BCUT2D eigenvalue weighted by Crippen LogP contribution is 2.19. The van der Waals surface area contributed by atoms with Crippen LogP contribution >= 0.6 is 0 Å². The maximum atomic E-state index is 12.6. The molecule has 5 nitrogen and oxygen atoms in total. The van der Waals surface area contributed by atoms with Crippen molar-refractivity contribution in [1.29, 1.82) is 0 Å². The van der Waals surface area contributed by atoms with Crippen molar-refractivity contribution in [2.75, 3.05) is 19.6 Å². The Balaban J connectivity index is 2.08. The SMILES string of the molecule is CCNC(=O)C1CCN(C(=O)c2cccc(C#CC(C)(C)O)c2)C1. The minimum absolute atomic E-state index is 0.0117. The zero-order valence-electron chi connectivity index (χ0n) is 14.4. The van der Waals surface area contributed by atoms with Gasteiger partial charge in [-0.2, -0.15) is 0 Å². The lowest BCUT2D eigenvalue weighted by Crippen LogP contribution is -2.34. The van der Waals surface area contributed by atoms with Crippen molar-refractivity contribution < 1.29 is 14.7 Å². The second-order valence-corrected chi connectivity index (χ2v) is 6.52. The van der Waals surface area contributed by atoms with E-state index in [0.717, 1.165) is 0 Å². The summed E-state index contributed by atoms with van der Waals surface area (Å²) in [5.74, 6) is 5.41. The highest BCUT2D eigenvalue weighted by atomic mass is 16.3. The molecular formula is C19H24N2O3. The summed E-state index contributed by atoms with van der Waals surface area (Å²) in [5.41, 5.74) is 0.158.